The lowest BCUT2D eigenvalue weighted by atomic mass is 10.1. The summed E-state index contributed by atoms with van der Waals surface area (Å²) in [6.45, 7) is 3.63. The summed E-state index contributed by atoms with van der Waals surface area (Å²) < 4.78 is 11.1. The molecule has 17 heavy (non-hydrogen) atoms. The zero-order valence-electron chi connectivity index (χ0n) is 10.3. The van der Waals surface area contributed by atoms with Gasteiger partial charge in [-0.1, -0.05) is 6.92 Å². The highest BCUT2D eigenvalue weighted by Gasteiger charge is 2.15. The highest BCUT2D eigenvalue weighted by Crippen LogP contribution is 2.19. The molecular weight excluding hydrogens is 216 g/mol. The predicted octanol–water partition coefficient (Wildman–Crippen LogP) is 2.05. The van der Waals surface area contributed by atoms with Crippen molar-refractivity contribution in [3.8, 4) is 5.75 Å². The Morgan fingerprint density at radius 3 is 2.82 bits per heavy atom. The van der Waals surface area contributed by atoms with Gasteiger partial charge in [0.1, 0.15) is 11.9 Å². The van der Waals surface area contributed by atoms with Crippen LogP contribution in [-0.4, -0.2) is 24.3 Å². The van der Waals surface area contributed by atoms with Gasteiger partial charge in [0.15, 0.2) is 0 Å². The van der Waals surface area contributed by atoms with Gasteiger partial charge in [0, 0.05) is 18.9 Å². The Labute approximate surface area is 102 Å². The van der Waals surface area contributed by atoms with Gasteiger partial charge >= 0.3 is 0 Å². The van der Waals surface area contributed by atoms with Crippen LogP contribution in [0.2, 0.25) is 0 Å². The average Bonchev–Trinajstić information content (AvgIpc) is 2.40. The van der Waals surface area contributed by atoms with E-state index in [-0.39, 0.29) is 12.1 Å². The van der Waals surface area contributed by atoms with E-state index in [9.17, 15) is 0 Å². The number of rotatable bonds is 4. The van der Waals surface area contributed by atoms with Crippen molar-refractivity contribution in [3.63, 3.8) is 0 Å². The second kappa shape index (κ2) is 5.98. The Morgan fingerprint density at radius 1 is 1.47 bits per heavy atom. The quantitative estimate of drug-likeness (QED) is 0.869. The van der Waals surface area contributed by atoms with Crippen LogP contribution in [0.5, 0.6) is 5.75 Å². The third-order valence-electron chi connectivity index (χ3n) is 3.05. The van der Waals surface area contributed by atoms with E-state index in [0.29, 0.717) is 0 Å². The van der Waals surface area contributed by atoms with E-state index in [1.54, 1.807) is 6.20 Å². The molecular formula is C13H20N2O2. The molecule has 4 heteroatoms. The van der Waals surface area contributed by atoms with Crippen molar-refractivity contribution >= 4 is 0 Å². The molecule has 0 amide bonds. The minimum absolute atomic E-state index is 0.0205. The summed E-state index contributed by atoms with van der Waals surface area (Å²) in [7, 11) is 0. The first-order chi connectivity index (χ1) is 8.29. The van der Waals surface area contributed by atoms with Gasteiger partial charge in [-0.3, -0.25) is 4.98 Å². The van der Waals surface area contributed by atoms with Gasteiger partial charge in [0.25, 0.3) is 0 Å². The maximum absolute atomic E-state index is 5.91. The van der Waals surface area contributed by atoms with Gasteiger partial charge in [-0.25, -0.2) is 0 Å². The monoisotopic (exact) mass is 236 g/mol. The smallest absolute Gasteiger partial charge is 0.138 e. The molecule has 1 unspecified atom stereocenters. The Morgan fingerprint density at radius 2 is 2.24 bits per heavy atom. The average molecular weight is 236 g/mol. The maximum Gasteiger partial charge on any atom is 0.138 e. The maximum atomic E-state index is 5.91. The highest BCUT2D eigenvalue weighted by molar-refractivity contribution is 5.21. The van der Waals surface area contributed by atoms with Crippen molar-refractivity contribution in [2.75, 3.05) is 13.2 Å². The molecule has 1 aliphatic heterocycles. The number of pyridine rings is 1. The fourth-order valence-corrected chi connectivity index (χ4v) is 1.88. The van der Waals surface area contributed by atoms with Crippen molar-refractivity contribution in [1.82, 2.24) is 4.98 Å². The van der Waals surface area contributed by atoms with Crippen molar-refractivity contribution in [2.45, 2.75) is 38.3 Å². The topological polar surface area (TPSA) is 57.4 Å². The fourth-order valence-electron chi connectivity index (χ4n) is 1.88. The second-order valence-corrected chi connectivity index (χ2v) is 4.36. The van der Waals surface area contributed by atoms with E-state index < -0.39 is 0 Å². The van der Waals surface area contributed by atoms with E-state index >= 15 is 0 Å². The van der Waals surface area contributed by atoms with Crippen LogP contribution in [0.3, 0.4) is 0 Å². The molecule has 0 bridgehead atoms. The van der Waals surface area contributed by atoms with Gasteiger partial charge in [0.05, 0.1) is 25.1 Å². The lowest BCUT2D eigenvalue weighted by molar-refractivity contribution is 0.0254. The SMILES string of the molecule is CCC(N)c1ccc(OC2CCOCC2)cn1. The molecule has 2 rings (SSSR count). The Bertz CT molecular complexity index is 334. The zero-order chi connectivity index (χ0) is 12.1. The highest BCUT2D eigenvalue weighted by atomic mass is 16.5. The van der Waals surface area contributed by atoms with Crippen molar-refractivity contribution in [2.24, 2.45) is 5.73 Å². The van der Waals surface area contributed by atoms with Gasteiger partial charge in [-0.15, -0.1) is 0 Å². The summed E-state index contributed by atoms with van der Waals surface area (Å²) in [6.07, 6.45) is 4.83. The molecule has 1 saturated heterocycles. The summed E-state index contributed by atoms with van der Waals surface area (Å²) >= 11 is 0. The number of nitrogens with zero attached hydrogens (tertiary/aromatic N) is 1. The summed E-state index contributed by atoms with van der Waals surface area (Å²) in [5.74, 6) is 0.823. The Hall–Kier alpha value is -1.13. The first-order valence-corrected chi connectivity index (χ1v) is 6.25. The standard InChI is InChI=1S/C13H20N2O2/c1-2-12(14)13-4-3-11(9-15-13)17-10-5-7-16-8-6-10/h3-4,9-10,12H,2,5-8,14H2,1H3. The lowest BCUT2D eigenvalue weighted by Gasteiger charge is -2.23. The van der Waals surface area contributed by atoms with Crippen LogP contribution in [0.25, 0.3) is 0 Å². The zero-order valence-corrected chi connectivity index (χ0v) is 10.3. The van der Waals surface area contributed by atoms with Crippen LogP contribution < -0.4 is 10.5 Å². The van der Waals surface area contributed by atoms with Gasteiger partial charge in [-0.2, -0.15) is 0 Å². The van der Waals surface area contributed by atoms with Gasteiger partial charge in [0.2, 0.25) is 0 Å². The van der Waals surface area contributed by atoms with Gasteiger partial charge in [-0.05, 0) is 18.6 Å². The van der Waals surface area contributed by atoms with Crippen LogP contribution >= 0.6 is 0 Å². The summed E-state index contributed by atoms with van der Waals surface area (Å²) in [4.78, 5) is 4.33. The van der Waals surface area contributed by atoms with Crippen LogP contribution in [0, 0.1) is 0 Å². The molecule has 94 valence electrons. The number of ether oxygens (including phenoxy) is 2. The molecule has 0 aliphatic carbocycles. The Kier molecular flexibility index (Phi) is 4.34. The summed E-state index contributed by atoms with van der Waals surface area (Å²) in [5.41, 5.74) is 6.83. The van der Waals surface area contributed by atoms with Crippen molar-refractivity contribution in [3.05, 3.63) is 24.0 Å². The van der Waals surface area contributed by atoms with Crippen molar-refractivity contribution < 1.29 is 9.47 Å². The van der Waals surface area contributed by atoms with Crippen LogP contribution in [-0.2, 0) is 4.74 Å². The Balaban J connectivity index is 1.93. The first-order valence-electron chi connectivity index (χ1n) is 6.25. The summed E-state index contributed by atoms with van der Waals surface area (Å²) in [5, 5.41) is 0. The second-order valence-electron chi connectivity index (χ2n) is 4.36. The number of aromatic nitrogens is 1. The molecule has 1 aliphatic rings. The number of hydrogen-bond donors (Lipinski definition) is 1. The van der Waals surface area contributed by atoms with E-state index in [1.807, 2.05) is 12.1 Å². The fraction of sp³-hybridized carbons (Fsp3) is 0.615. The van der Waals surface area contributed by atoms with E-state index in [2.05, 4.69) is 11.9 Å². The minimum Gasteiger partial charge on any atom is -0.489 e. The number of nitrogens with two attached hydrogens (primary N) is 1. The third kappa shape index (κ3) is 3.41. The molecule has 0 spiro atoms. The molecule has 2 N–H and O–H groups in total. The van der Waals surface area contributed by atoms with Gasteiger partial charge < -0.3 is 15.2 Å². The van der Waals surface area contributed by atoms with Crippen molar-refractivity contribution in [1.29, 1.82) is 0 Å². The third-order valence-corrected chi connectivity index (χ3v) is 3.05. The van der Waals surface area contributed by atoms with Crippen LogP contribution in [0.15, 0.2) is 18.3 Å². The molecule has 1 aromatic heterocycles. The lowest BCUT2D eigenvalue weighted by Crippen LogP contribution is -2.25. The normalized spacial score (nSPS) is 18.9. The number of hydrogen-bond acceptors (Lipinski definition) is 4. The molecule has 0 saturated carbocycles. The molecule has 0 aromatic carbocycles. The van der Waals surface area contributed by atoms with Crippen LogP contribution in [0.4, 0.5) is 0 Å². The largest absolute Gasteiger partial charge is 0.489 e. The minimum atomic E-state index is 0.0205. The molecule has 1 fully saturated rings. The van der Waals surface area contributed by atoms with Crippen LogP contribution in [0.1, 0.15) is 37.9 Å². The molecule has 4 nitrogen and oxygen atoms in total. The molecule has 2 heterocycles. The predicted molar refractivity (Wildman–Crippen MR) is 65.9 cm³/mol. The molecule has 1 aromatic rings. The molecule has 1 atom stereocenters. The van der Waals surface area contributed by atoms with E-state index in [1.165, 1.54) is 0 Å². The molecule has 0 radical (unpaired) electrons. The van der Waals surface area contributed by atoms with E-state index in [4.69, 9.17) is 15.2 Å². The van der Waals surface area contributed by atoms with E-state index in [0.717, 1.165) is 43.9 Å². The summed E-state index contributed by atoms with van der Waals surface area (Å²) in [6, 6.07) is 3.92. The first kappa shape index (κ1) is 12.3.